The Morgan fingerprint density at radius 1 is 0.914 bits per heavy atom. The van der Waals surface area contributed by atoms with Gasteiger partial charge in [0.15, 0.2) is 0 Å². The normalized spacial score (nSPS) is 22.8. The molecular formula is C49H57N9O10S2. The number of nitro benzene ring substituents is 1. The van der Waals surface area contributed by atoms with Crippen LogP contribution in [0.3, 0.4) is 0 Å². The lowest BCUT2D eigenvalue weighted by molar-refractivity contribution is -0.384. The third kappa shape index (κ3) is 9.01. The van der Waals surface area contributed by atoms with Crippen molar-refractivity contribution in [2.45, 2.75) is 80.5 Å². The Bertz CT molecular complexity index is 3060. The minimum absolute atomic E-state index is 0.0769. The van der Waals surface area contributed by atoms with Gasteiger partial charge >= 0.3 is 0 Å². The van der Waals surface area contributed by atoms with Crippen molar-refractivity contribution in [1.29, 1.82) is 0 Å². The summed E-state index contributed by atoms with van der Waals surface area (Å²) >= 11 is 0. The number of carbonyl (C=O) groups excluding carboxylic acids is 1. The molecule has 0 bridgehead atoms. The first-order valence-electron chi connectivity index (χ1n) is 24.1. The summed E-state index contributed by atoms with van der Waals surface area (Å²) in [6.45, 7) is 4.79. The number of nitrogens with zero attached hydrogens (tertiary/aromatic N) is 5. The number of ether oxygens (including phenoxy) is 3. The van der Waals surface area contributed by atoms with Crippen LogP contribution in [0.1, 0.15) is 73.3 Å². The topological polar surface area (TPSA) is 231 Å². The summed E-state index contributed by atoms with van der Waals surface area (Å²) in [5, 5.41) is 16.2. The fourth-order valence-corrected chi connectivity index (χ4v) is 13.3. The molecular weight excluding hydrogens is 939 g/mol. The van der Waals surface area contributed by atoms with Gasteiger partial charge in [-0.05, 0) is 123 Å². The average Bonchev–Trinajstić information content (AvgIpc) is 4.13. The van der Waals surface area contributed by atoms with Crippen LogP contribution in [0.4, 0.5) is 34.1 Å². The van der Waals surface area contributed by atoms with Gasteiger partial charge in [-0.1, -0.05) is 18.2 Å². The molecule has 1 amide bonds. The van der Waals surface area contributed by atoms with Crippen molar-refractivity contribution >= 4 is 71.1 Å². The molecule has 4 N–H and O–H groups in total. The third-order valence-corrected chi connectivity index (χ3v) is 17.3. The predicted molar refractivity (Wildman–Crippen MR) is 264 cm³/mol. The molecule has 11 rings (SSSR count). The Labute approximate surface area is 406 Å². The molecule has 1 saturated carbocycles. The zero-order valence-corrected chi connectivity index (χ0v) is 40.5. The average molecular weight is 996 g/mol. The van der Waals surface area contributed by atoms with E-state index in [1.807, 2.05) is 53.4 Å². The minimum Gasteiger partial charge on any atom is -0.468 e. The number of nitrogens with one attached hydrogen (secondary N) is 4. The van der Waals surface area contributed by atoms with E-state index in [4.69, 9.17) is 19.2 Å². The number of carbonyl (C=O) groups is 1. The van der Waals surface area contributed by atoms with Gasteiger partial charge in [-0.2, -0.15) is 4.98 Å². The Morgan fingerprint density at radius 3 is 2.50 bits per heavy atom. The number of aromatic amines is 1. The maximum Gasteiger partial charge on any atom is 0.293 e. The molecule has 4 saturated heterocycles. The molecule has 5 fully saturated rings. The van der Waals surface area contributed by atoms with Crippen LogP contribution in [0.25, 0.3) is 11.0 Å². The van der Waals surface area contributed by atoms with Crippen molar-refractivity contribution in [3.8, 4) is 5.88 Å². The second-order valence-corrected chi connectivity index (χ2v) is 23.2. The summed E-state index contributed by atoms with van der Waals surface area (Å²) in [5.41, 5.74) is 4.22. The van der Waals surface area contributed by atoms with E-state index in [2.05, 4.69) is 29.5 Å². The summed E-state index contributed by atoms with van der Waals surface area (Å²) in [6, 6.07) is 20.8. The monoisotopic (exact) mass is 995 g/mol. The number of nitro groups is 1. The van der Waals surface area contributed by atoms with Crippen molar-refractivity contribution in [3.05, 3.63) is 100 Å². The van der Waals surface area contributed by atoms with E-state index in [0.717, 1.165) is 93.7 Å². The van der Waals surface area contributed by atoms with Gasteiger partial charge in [-0.3, -0.25) is 24.5 Å². The van der Waals surface area contributed by atoms with Crippen molar-refractivity contribution in [2.75, 3.05) is 78.7 Å². The highest BCUT2D eigenvalue weighted by molar-refractivity contribution is 7.92. The van der Waals surface area contributed by atoms with E-state index in [1.54, 1.807) is 12.3 Å². The summed E-state index contributed by atoms with van der Waals surface area (Å²) in [6.07, 6.45) is 10.2. The smallest absolute Gasteiger partial charge is 0.293 e. The number of benzene rings is 3. The standard InChI is InChI=1S/C49H57N9O10S2/c1-69(62,63)53-38-6-3-2-5-36(38)40-7-4-18-56(40)34-26-49(27-34)15-19-55(20-16-49)33-8-10-37(41(24-33)57-43-23-32-12-17-50-46(32)52-48(43)68-45-30-67-29-44(45)57)47(59)54-70(64,65)35-9-11-39(42(25-35)58(60)61)51-28-31-13-21-66-22-14-31/h2-3,5-6,8-12,17,23-25,31,34,40,44-45,51,53H,4,7,13-16,18-22,26-30H2,1H3,(H,50,52)(H,54,59)/t40-,44+,45+/m0/s1. The van der Waals surface area contributed by atoms with E-state index in [-0.39, 0.29) is 47.9 Å². The molecule has 1 spiro atoms. The molecule has 370 valence electrons. The summed E-state index contributed by atoms with van der Waals surface area (Å²) in [7, 11) is -8.05. The molecule has 1 aliphatic carbocycles. The van der Waals surface area contributed by atoms with Gasteiger partial charge in [0.2, 0.25) is 15.9 Å². The lowest BCUT2D eigenvalue weighted by atomic mass is 9.60. The zero-order chi connectivity index (χ0) is 48.4. The number of para-hydroxylation sites is 1. The zero-order valence-electron chi connectivity index (χ0n) is 38.8. The van der Waals surface area contributed by atoms with Crippen LogP contribution in [-0.4, -0.2) is 120 Å². The van der Waals surface area contributed by atoms with Crippen LogP contribution < -0.4 is 29.3 Å². The molecule has 5 aromatic rings. The van der Waals surface area contributed by atoms with E-state index < -0.39 is 47.6 Å². The molecule has 70 heavy (non-hydrogen) atoms. The molecule has 0 radical (unpaired) electrons. The number of piperidine rings is 1. The van der Waals surface area contributed by atoms with Gasteiger partial charge in [-0.25, -0.2) is 21.6 Å². The van der Waals surface area contributed by atoms with E-state index >= 15 is 0 Å². The molecule has 2 aromatic heterocycles. The van der Waals surface area contributed by atoms with Gasteiger partial charge in [0.05, 0.1) is 52.3 Å². The van der Waals surface area contributed by atoms with Gasteiger partial charge in [0, 0.05) is 68.3 Å². The SMILES string of the molecule is CS(=O)(=O)Nc1ccccc1[C@@H]1CCCN1C1CC2(CCN(c3ccc(C(=O)NS(=O)(=O)c4ccc(NCC5CCOCC5)c([N+](=O)[O-])c4)c(N4c5cc6cc[nH]c6nc5O[C@@H]5COC[C@H]54)c3)CC2)C1. The molecule has 3 aromatic carbocycles. The van der Waals surface area contributed by atoms with E-state index in [9.17, 15) is 31.7 Å². The molecule has 3 atom stereocenters. The largest absolute Gasteiger partial charge is 0.468 e. The van der Waals surface area contributed by atoms with Gasteiger partial charge < -0.3 is 34.3 Å². The Kier molecular flexibility index (Phi) is 12.1. The lowest BCUT2D eigenvalue weighted by Crippen LogP contribution is -2.55. The minimum atomic E-state index is -4.62. The number of amides is 1. The highest BCUT2D eigenvalue weighted by atomic mass is 32.2. The molecule has 19 nitrogen and oxygen atoms in total. The van der Waals surface area contributed by atoms with Crippen LogP contribution in [0.15, 0.2) is 83.9 Å². The molecule has 21 heteroatoms. The first-order valence-corrected chi connectivity index (χ1v) is 27.5. The van der Waals surface area contributed by atoms with Crippen molar-refractivity contribution in [2.24, 2.45) is 11.3 Å². The second-order valence-electron chi connectivity index (χ2n) is 19.8. The Morgan fingerprint density at radius 2 is 1.71 bits per heavy atom. The number of fused-ring (bicyclic) bond motifs is 3. The number of aromatic nitrogens is 2. The van der Waals surface area contributed by atoms with Crippen molar-refractivity contribution in [3.63, 3.8) is 0 Å². The number of H-pyrrole nitrogens is 1. The third-order valence-electron chi connectivity index (χ3n) is 15.4. The van der Waals surface area contributed by atoms with Gasteiger partial charge in [-0.15, -0.1) is 0 Å². The van der Waals surface area contributed by atoms with E-state index in [1.165, 1.54) is 18.4 Å². The quantitative estimate of drug-likeness (QED) is 0.0712. The number of sulfonamides is 2. The number of hydrogen-bond acceptors (Lipinski definition) is 15. The summed E-state index contributed by atoms with van der Waals surface area (Å²) in [5.74, 6) is -0.301. The molecule has 5 aliphatic heterocycles. The first-order chi connectivity index (χ1) is 33.7. The number of rotatable bonds is 13. The number of hydrogen-bond donors (Lipinski definition) is 4. The highest BCUT2D eigenvalue weighted by Gasteiger charge is 2.50. The van der Waals surface area contributed by atoms with Crippen molar-refractivity contribution in [1.82, 2.24) is 19.6 Å². The van der Waals surface area contributed by atoms with Crippen LogP contribution in [0.5, 0.6) is 5.88 Å². The number of likely N-dealkylation sites (tertiary alicyclic amines) is 1. The highest BCUT2D eigenvalue weighted by Crippen LogP contribution is 2.55. The van der Waals surface area contributed by atoms with Gasteiger partial charge in [0.25, 0.3) is 21.6 Å². The lowest BCUT2D eigenvalue weighted by Gasteiger charge is -2.56. The number of anilines is 5. The molecule has 6 aliphatic rings. The van der Waals surface area contributed by atoms with Crippen LogP contribution in [0, 0.1) is 21.4 Å². The maximum atomic E-state index is 14.6. The predicted octanol–water partition coefficient (Wildman–Crippen LogP) is 6.68. The van der Waals surface area contributed by atoms with Gasteiger partial charge in [0.1, 0.15) is 23.1 Å². The maximum absolute atomic E-state index is 14.6. The second kappa shape index (κ2) is 18.3. The van der Waals surface area contributed by atoms with Crippen LogP contribution >= 0.6 is 0 Å². The van der Waals surface area contributed by atoms with E-state index in [0.29, 0.717) is 54.4 Å². The fraction of sp³-hybridized carbons (Fsp3) is 0.469. The summed E-state index contributed by atoms with van der Waals surface area (Å²) in [4.78, 5) is 40.6. The first kappa shape index (κ1) is 46.4. The van der Waals surface area contributed by atoms with Crippen LogP contribution in [-0.2, 0) is 29.5 Å². The van der Waals surface area contributed by atoms with Crippen molar-refractivity contribution < 1.29 is 40.8 Å². The fourth-order valence-electron chi connectivity index (χ4n) is 11.7. The molecule has 0 unspecified atom stereocenters. The Balaban J connectivity index is 0.858. The summed E-state index contributed by atoms with van der Waals surface area (Å²) < 4.78 is 75.4. The molecule has 7 heterocycles. The Hall–Kier alpha value is -6.00. The number of pyridine rings is 1. The van der Waals surface area contributed by atoms with Crippen LogP contribution in [0.2, 0.25) is 0 Å².